The summed E-state index contributed by atoms with van der Waals surface area (Å²) in [7, 11) is 4.48. The van der Waals surface area contributed by atoms with Crippen LogP contribution < -0.4 is 24.8 Å². The molecular formula is C24H32N2O6S. The molecule has 9 heteroatoms. The van der Waals surface area contributed by atoms with Crippen LogP contribution in [-0.4, -0.2) is 45.4 Å². The molecule has 0 unspecified atom stereocenters. The first-order valence-corrected chi connectivity index (χ1v) is 11.5. The van der Waals surface area contributed by atoms with Gasteiger partial charge in [0.2, 0.25) is 5.75 Å². The molecule has 1 aliphatic rings. The summed E-state index contributed by atoms with van der Waals surface area (Å²) in [6.07, 6.45) is 0.635. The standard InChI is InChI=1S/C24H32N2O6S/c1-9-32-22(28)17-14-12-23(2,3)26-24(4,5)19(14)33-21(17)25-20(27)13-10-15(29-6)18(31-8)16(11-13)30-7/h10-11,26H,9,12H2,1-8H3,(H,25,27). The van der Waals surface area contributed by atoms with E-state index in [1.54, 1.807) is 19.1 Å². The van der Waals surface area contributed by atoms with Gasteiger partial charge in [0.15, 0.2) is 11.5 Å². The molecule has 1 aliphatic heterocycles. The summed E-state index contributed by atoms with van der Waals surface area (Å²) in [6.45, 7) is 10.3. The van der Waals surface area contributed by atoms with E-state index in [9.17, 15) is 9.59 Å². The van der Waals surface area contributed by atoms with Crippen LogP contribution in [0.15, 0.2) is 12.1 Å². The molecule has 1 amide bonds. The van der Waals surface area contributed by atoms with Crippen molar-refractivity contribution >= 4 is 28.2 Å². The fraction of sp³-hybridized carbons (Fsp3) is 0.500. The summed E-state index contributed by atoms with van der Waals surface area (Å²) in [4.78, 5) is 27.2. The molecule has 2 aromatic rings. The van der Waals surface area contributed by atoms with Crippen molar-refractivity contribution in [3.05, 3.63) is 33.7 Å². The summed E-state index contributed by atoms with van der Waals surface area (Å²) in [5, 5.41) is 7.02. The second-order valence-corrected chi connectivity index (χ2v) is 10.0. The van der Waals surface area contributed by atoms with Crippen molar-refractivity contribution in [2.45, 2.75) is 52.1 Å². The molecule has 3 rings (SSSR count). The van der Waals surface area contributed by atoms with Crippen LogP contribution >= 0.6 is 11.3 Å². The van der Waals surface area contributed by atoms with Gasteiger partial charge < -0.3 is 29.6 Å². The van der Waals surface area contributed by atoms with Crippen LogP contribution in [0.2, 0.25) is 0 Å². The van der Waals surface area contributed by atoms with E-state index in [4.69, 9.17) is 18.9 Å². The monoisotopic (exact) mass is 476 g/mol. The number of anilines is 1. The van der Waals surface area contributed by atoms with Crippen LogP contribution in [0.4, 0.5) is 5.00 Å². The van der Waals surface area contributed by atoms with Crippen molar-refractivity contribution < 1.29 is 28.5 Å². The number of fused-ring (bicyclic) bond motifs is 1. The van der Waals surface area contributed by atoms with Gasteiger partial charge in [-0.05, 0) is 58.7 Å². The number of ether oxygens (including phenoxy) is 4. The lowest BCUT2D eigenvalue weighted by molar-refractivity contribution is 0.0525. The van der Waals surface area contributed by atoms with Gasteiger partial charge in [-0.15, -0.1) is 11.3 Å². The first-order chi connectivity index (χ1) is 15.5. The van der Waals surface area contributed by atoms with E-state index in [0.717, 1.165) is 10.4 Å². The van der Waals surface area contributed by atoms with Crippen molar-refractivity contribution in [2.24, 2.45) is 0 Å². The normalized spacial score (nSPS) is 15.9. The second kappa shape index (κ2) is 9.23. The largest absolute Gasteiger partial charge is 0.493 e. The molecule has 0 bridgehead atoms. The van der Waals surface area contributed by atoms with Gasteiger partial charge in [-0.3, -0.25) is 4.79 Å². The van der Waals surface area contributed by atoms with Crippen molar-refractivity contribution in [1.82, 2.24) is 5.32 Å². The number of thiophene rings is 1. The highest BCUT2D eigenvalue weighted by Crippen LogP contribution is 2.46. The van der Waals surface area contributed by atoms with E-state index in [1.807, 2.05) is 0 Å². The molecule has 0 fully saturated rings. The summed E-state index contributed by atoms with van der Waals surface area (Å²) < 4.78 is 21.4. The Balaban J connectivity index is 2.08. The molecule has 0 saturated heterocycles. The van der Waals surface area contributed by atoms with Crippen molar-refractivity contribution in [2.75, 3.05) is 33.3 Å². The number of esters is 1. The maximum absolute atomic E-state index is 13.3. The molecule has 2 heterocycles. The van der Waals surface area contributed by atoms with Crippen LogP contribution in [-0.2, 0) is 16.7 Å². The Morgan fingerprint density at radius 1 is 1.06 bits per heavy atom. The minimum atomic E-state index is -0.441. The fourth-order valence-electron chi connectivity index (χ4n) is 4.42. The summed E-state index contributed by atoms with van der Waals surface area (Å²) in [5.74, 6) is 0.285. The number of hydrogen-bond acceptors (Lipinski definition) is 8. The maximum Gasteiger partial charge on any atom is 0.341 e. The second-order valence-electron chi connectivity index (χ2n) is 9.01. The van der Waals surface area contributed by atoms with Crippen molar-refractivity contribution in [3.63, 3.8) is 0 Å². The van der Waals surface area contributed by atoms with Gasteiger partial charge in [0.25, 0.3) is 5.91 Å². The number of rotatable bonds is 7. The number of nitrogens with one attached hydrogen (secondary N) is 2. The topological polar surface area (TPSA) is 95.1 Å². The average Bonchev–Trinajstić information content (AvgIpc) is 3.09. The predicted octanol–water partition coefficient (Wildman–Crippen LogP) is 4.36. The minimum absolute atomic E-state index is 0.225. The summed E-state index contributed by atoms with van der Waals surface area (Å²) >= 11 is 1.39. The Morgan fingerprint density at radius 3 is 2.18 bits per heavy atom. The number of amides is 1. The van der Waals surface area contributed by atoms with E-state index in [-0.39, 0.29) is 17.7 Å². The Morgan fingerprint density at radius 2 is 1.67 bits per heavy atom. The van der Waals surface area contributed by atoms with Crippen LogP contribution in [0.3, 0.4) is 0 Å². The van der Waals surface area contributed by atoms with Gasteiger partial charge in [0, 0.05) is 21.5 Å². The molecule has 180 valence electrons. The third-order valence-electron chi connectivity index (χ3n) is 5.48. The first-order valence-electron chi connectivity index (χ1n) is 10.7. The number of hydrogen-bond donors (Lipinski definition) is 2. The summed E-state index contributed by atoms with van der Waals surface area (Å²) in [5.41, 5.74) is 1.03. The zero-order chi connectivity index (χ0) is 24.6. The SMILES string of the molecule is CCOC(=O)c1c(NC(=O)c2cc(OC)c(OC)c(OC)c2)sc2c1CC(C)(C)NC2(C)C. The molecule has 1 aromatic heterocycles. The van der Waals surface area contributed by atoms with Crippen LogP contribution in [0.25, 0.3) is 0 Å². The zero-order valence-electron chi connectivity index (χ0n) is 20.4. The maximum atomic E-state index is 13.3. The molecule has 2 N–H and O–H groups in total. The molecule has 0 spiro atoms. The zero-order valence-corrected chi connectivity index (χ0v) is 21.2. The first kappa shape index (κ1) is 24.9. The average molecular weight is 477 g/mol. The van der Waals surface area contributed by atoms with Gasteiger partial charge in [0.1, 0.15) is 5.00 Å². The van der Waals surface area contributed by atoms with E-state index in [1.165, 1.54) is 32.7 Å². The van der Waals surface area contributed by atoms with Crippen molar-refractivity contribution in [3.8, 4) is 17.2 Å². The molecule has 0 atom stereocenters. The molecule has 8 nitrogen and oxygen atoms in total. The molecule has 0 saturated carbocycles. The summed E-state index contributed by atoms with van der Waals surface area (Å²) in [6, 6.07) is 3.14. The Labute approximate surface area is 198 Å². The van der Waals surface area contributed by atoms with Crippen LogP contribution in [0.5, 0.6) is 17.2 Å². The molecule has 1 aromatic carbocycles. The van der Waals surface area contributed by atoms with E-state index < -0.39 is 11.9 Å². The quantitative estimate of drug-likeness (QED) is 0.573. The highest BCUT2D eigenvalue weighted by atomic mass is 32.1. The molecular weight excluding hydrogens is 444 g/mol. The fourth-order valence-corrected chi connectivity index (χ4v) is 5.68. The molecule has 0 aliphatic carbocycles. The third-order valence-corrected chi connectivity index (χ3v) is 6.95. The van der Waals surface area contributed by atoms with E-state index in [2.05, 4.69) is 38.3 Å². The lowest BCUT2D eigenvalue weighted by atomic mass is 9.81. The van der Waals surface area contributed by atoms with Crippen LogP contribution in [0, 0.1) is 0 Å². The highest BCUT2D eigenvalue weighted by molar-refractivity contribution is 7.17. The van der Waals surface area contributed by atoms with Crippen LogP contribution in [0.1, 0.15) is 65.8 Å². The number of methoxy groups -OCH3 is 3. The number of benzene rings is 1. The molecule has 0 radical (unpaired) electrons. The number of carbonyl (C=O) groups excluding carboxylic acids is 2. The Hall–Kier alpha value is -2.78. The van der Waals surface area contributed by atoms with Gasteiger partial charge in [-0.1, -0.05) is 0 Å². The predicted molar refractivity (Wildman–Crippen MR) is 128 cm³/mol. The highest BCUT2D eigenvalue weighted by Gasteiger charge is 2.42. The smallest absolute Gasteiger partial charge is 0.341 e. The number of carbonyl (C=O) groups is 2. The van der Waals surface area contributed by atoms with Gasteiger partial charge in [0.05, 0.1) is 33.5 Å². The van der Waals surface area contributed by atoms with Crippen molar-refractivity contribution in [1.29, 1.82) is 0 Å². The minimum Gasteiger partial charge on any atom is -0.493 e. The Bertz CT molecular complexity index is 1050. The Kier molecular flexibility index (Phi) is 6.95. The van der Waals surface area contributed by atoms with E-state index in [0.29, 0.717) is 39.8 Å². The lowest BCUT2D eigenvalue weighted by Gasteiger charge is -2.42. The van der Waals surface area contributed by atoms with Gasteiger partial charge in [-0.2, -0.15) is 0 Å². The third kappa shape index (κ3) is 4.79. The molecule has 33 heavy (non-hydrogen) atoms. The lowest BCUT2D eigenvalue weighted by Crippen LogP contribution is -2.55. The van der Waals surface area contributed by atoms with E-state index >= 15 is 0 Å². The van der Waals surface area contributed by atoms with Gasteiger partial charge in [-0.25, -0.2) is 4.79 Å². The van der Waals surface area contributed by atoms with Gasteiger partial charge >= 0.3 is 5.97 Å².